The number of hydrogen-bond donors (Lipinski definition) is 2. The Morgan fingerprint density at radius 2 is 2.29 bits per heavy atom. The molecule has 0 radical (unpaired) electrons. The molecular weight excluding hydrogens is 268 g/mol. The number of urea groups is 1. The lowest BCUT2D eigenvalue weighted by Gasteiger charge is -2.16. The molecule has 2 amide bonds. The summed E-state index contributed by atoms with van der Waals surface area (Å²) in [4.78, 5) is 11.9. The first kappa shape index (κ1) is 15.6. The summed E-state index contributed by atoms with van der Waals surface area (Å²) in [6.07, 6.45) is 1.09. The zero-order valence-electron chi connectivity index (χ0n) is 12.9. The van der Waals surface area contributed by atoms with E-state index in [-0.39, 0.29) is 24.3 Å². The van der Waals surface area contributed by atoms with E-state index in [1.54, 1.807) is 0 Å². The highest BCUT2D eigenvalue weighted by molar-refractivity contribution is 5.74. The third-order valence-electron chi connectivity index (χ3n) is 3.42. The Labute approximate surface area is 126 Å². The molecule has 1 saturated heterocycles. The van der Waals surface area contributed by atoms with Crippen molar-refractivity contribution >= 4 is 6.03 Å². The Morgan fingerprint density at radius 3 is 2.95 bits per heavy atom. The summed E-state index contributed by atoms with van der Waals surface area (Å²) in [5.74, 6) is 0.822. The van der Waals surface area contributed by atoms with Gasteiger partial charge in [0.15, 0.2) is 0 Å². The molecule has 21 heavy (non-hydrogen) atoms. The molecule has 1 aromatic rings. The quantitative estimate of drug-likeness (QED) is 0.876. The molecular formula is C16H24N2O3. The average molecular weight is 292 g/mol. The lowest BCUT2D eigenvalue weighted by atomic mass is 10.1. The fourth-order valence-corrected chi connectivity index (χ4v) is 2.32. The first-order valence-corrected chi connectivity index (χ1v) is 7.46. The minimum Gasteiger partial charge on any atom is -0.491 e. The maximum atomic E-state index is 11.9. The van der Waals surface area contributed by atoms with Crippen LogP contribution in [0.2, 0.25) is 0 Å². The van der Waals surface area contributed by atoms with Gasteiger partial charge in [-0.15, -0.1) is 0 Å². The van der Waals surface area contributed by atoms with Crippen LogP contribution in [0.4, 0.5) is 4.79 Å². The SMILES string of the molecule is CC(C)Oc1cccc(CNC(=O)N[C@@H]2CCO[C@@H]2C)c1. The van der Waals surface area contributed by atoms with E-state index < -0.39 is 0 Å². The molecule has 1 heterocycles. The third kappa shape index (κ3) is 4.93. The molecule has 2 atom stereocenters. The molecule has 5 nitrogen and oxygen atoms in total. The summed E-state index contributed by atoms with van der Waals surface area (Å²) in [5, 5.41) is 5.81. The van der Waals surface area contributed by atoms with Crippen LogP contribution in [-0.4, -0.2) is 30.9 Å². The Balaban J connectivity index is 1.80. The lowest BCUT2D eigenvalue weighted by molar-refractivity contribution is 0.114. The summed E-state index contributed by atoms with van der Waals surface area (Å²) < 4.78 is 11.1. The van der Waals surface area contributed by atoms with E-state index in [1.165, 1.54) is 0 Å². The van der Waals surface area contributed by atoms with Crippen molar-refractivity contribution in [3.05, 3.63) is 29.8 Å². The van der Waals surface area contributed by atoms with Gasteiger partial charge in [0, 0.05) is 13.2 Å². The van der Waals surface area contributed by atoms with Gasteiger partial charge < -0.3 is 20.1 Å². The second-order valence-corrected chi connectivity index (χ2v) is 5.61. The van der Waals surface area contributed by atoms with Crippen molar-refractivity contribution in [3.63, 3.8) is 0 Å². The summed E-state index contributed by atoms with van der Waals surface area (Å²) in [5.41, 5.74) is 1.01. The standard InChI is InChI=1S/C16H24N2O3/c1-11(2)21-14-6-4-5-13(9-14)10-17-16(19)18-15-7-8-20-12(15)3/h4-6,9,11-12,15H,7-8,10H2,1-3H3,(H2,17,18,19)/t12-,15-/m1/s1. The highest BCUT2D eigenvalue weighted by Gasteiger charge is 2.25. The van der Waals surface area contributed by atoms with Crippen LogP contribution in [0.3, 0.4) is 0 Å². The average Bonchev–Trinajstić information content (AvgIpc) is 2.82. The van der Waals surface area contributed by atoms with E-state index >= 15 is 0 Å². The Hall–Kier alpha value is -1.75. The van der Waals surface area contributed by atoms with Gasteiger partial charge in [-0.3, -0.25) is 0 Å². The predicted molar refractivity (Wildman–Crippen MR) is 81.4 cm³/mol. The molecule has 0 unspecified atom stereocenters. The van der Waals surface area contributed by atoms with Crippen molar-refractivity contribution in [1.29, 1.82) is 0 Å². The number of benzene rings is 1. The van der Waals surface area contributed by atoms with E-state index in [1.807, 2.05) is 45.0 Å². The fraction of sp³-hybridized carbons (Fsp3) is 0.562. The molecule has 0 aliphatic carbocycles. The summed E-state index contributed by atoms with van der Waals surface area (Å²) in [7, 11) is 0. The van der Waals surface area contributed by atoms with Crippen molar-refractivity contribution in [2.45, 2.75) is 52.0 Å². The van der Waals surface area contributed by atoms with E-state index in [0.717, 1.165) is 17.7 Å². The molecule has 0 saturated carbocycles. The topological polar surface area (TPSA) is 59.6 Å². The molecule has 5 heteroatoms. The molecule has 1 aliphatic rings. The van der Waals surface area contributed by atoms with Crippen molar-refractivity contribution in [1.82, 2.24) is 10.6 Å². The molecule has 1 aliphatic heterocycles. The van der Waals surface area contributed by atoms with E-state index in [9.17, 15) is 4.79 Å². The fourth-order valence-electron chi connectivity index (χ4n) is 2.32. The van der Waals surface area contributed by atoms with Crippen LogP contribution in [0.15, 0.2) is 24.3 Å². The number of nitrogens with one attached hydrogen (secondary N) is 2. The van der Waals surface area contributed by atoms with Gasteiger partial charge in [0.05, 0.1) is 18.2 Å². The third-order valence-corrected chi connectivity index (χ3v) is 3.42. The van der Waals surface area contributed by atoms with Gasteiger partial charge in [0.2, 0.25) is 0 Å². The molecule has 0 aromatic heterocycles. The van der Waals surface area contributed by atoms with Crippen LogP contribution in [0.25, 0.3) is 0 Å². The minimum atomic E-state index is -0.160. The minimum absolute atomic E-state index is 0.0820. The largest absolute Gasteiger partial charge is 0.491 e. The van der Waals surface area contributed by atoms with Gasteiger partial charge >= 0.3 is 6.03 Å². The molecule has 0 bridgehead atoms. The Morgan fingerprint density at radius 1 is 1.48 bits per heavy atom. The number of carbonyl (C=O) groups is 1. The molecule has 2 N–H and O–H groups in total. The lowest BCUT2D eigenvalue weighted by Crippen LogP contribution is -2.44. The molecule has 2 rings (SSSR count). The predicted octanol–water partition coefficient (Wildman–Crippen LogP) is 2.45. The van der Waals surface area contributed by atoms with Gasteiger partial charge in [0.25, 0.3) is 0 Å². The number of amides is 2. The summed E-state index contributed by atoms with van der Waals surface area (Å²) in [6, 6.07) is 7.70. The van der Waals surface area contributed by atoms with Crippen LogP contribution < -0.4 is 15.4 Å². The molecule has 1 fully saturated rings. The van der Waals surface area contributed by atoms with Crippen LogP contribution in [-0.2, 0) is 11.3 Å². The van der Waals surface area contributed by atoms with E-state index in [2.05, 4.69) is 10.6 Å². The maximum absolute atomic E-state index is 11.9. The van der Waals surface area contributed by atoms with Crippen molar-refractivity contribution < 1.29 is 14.3 Å². The van der Waals surface area contributed by atoms with E-state index in [4.69, 9.17) is 9.47 Å². The maximum Gasteiger partial charge on any atom is 0.315 e. The van der Waals surface area contributed by atoms with Gasteiger partial charge in [-0.05, 0) is 44.9 Å². The first-order chi connectivity index (χ1) is 10.0. The molecule has 1 aromatic carbocycles. The van der Waals surface area contributed by atoms with Gasteiger partial charge in [-0.1, -0.05) is 12.1 Å². The number of carbonyl (C=O) groups excluding carboxylic acids is 1. The summed E-state index contributed by atoms with van der Waals surface area (Å²) in [6.45, 7) is 7.14. The number of hydrogen-bond acceptors (Lipinski definition) is 3. The Kier molecular flexibility index (Phi) is 5.44. The highest BCUT2D eigenvalue weighted by Crippen LogP contribution is 2.15. The molecule has 0 spiro atoms. The zero-order chi connectivity index (χ0) is 15.2. The van der Waals surface area contributed by atoms with Crippen LogP contribution in [0, 0.1) is 0 Å². The number of ether oxygens (including phenoxy) is 2. The van der Waals surface area contributed by atoms with Crippen LogP contribution in [0.1, 0.15) is 32.8 Å². The van der Waals surface area contributed by atoms with Gasteiger partial charge in [-0.25, -0.2) is 4.79 Å². The second kappa shape index (κ2) is 7.31. The van der Waals surface area contributed by atoms with Crippen LogP contribution >= 0.6 is 0 Å². The van der Waals surface area contributed by atoms with Crippen LogP contribution in [0.5, 0.6) is 5.75 Å². The molecule has 116 valence electrons. The zero-order valence-corrected chi connectivity index (χ0v) is 12.9. The van der Waals surface area contributed by atoms with Crippen molar-refractivity contribution in [2.24, 2.45) is 0 Å². The van der Waals surface area contributed by atoms with E-state index in [0.29, 0.717) is 13.2 Å². The van der Waals surface area contributed by atoms with Gasteiger partial charge in [-0.2, -0.15) is 0 Å². The second-order valence-electron chi connectivity index (χ2n) is 5.61. The normalized spacial score (nSPS) is 21.3. The van der Waals surface area contributed by atoms with Crippen molar-refractivity contribution in [3.8, 4) is 5.75 Å². The Bertz CT molecular complexity index is 476. The summed E-state index contributed by atoms with van der Waals surface area (Å²) >= 11 is 0. The van der Waals surface area contributed by atoms with Crippen molar-refractivity contribution in [2.75, 3.05) is 6.61 Å². The highest BCUT2D eigenvalue weighted by atomic mass is 16.5. The number of rotatable bonds is 5. The van der Waals surface area contributed by atoms with Gasteiger partial charge in [0.1, 0.15) is 5.75 Å². The smallest absolute Gasteiger partial charge is 0.315 e. The first-order valence-electron chi connectivity index (χ1n) is 7.46. The monoisotopic (exact) mass is 292 g/mol.